The highest BCUT2D eigenvalue weighted by molar-refractivity contribution is 5.94. The molecule has 1 spiro atoms. The molecule has 0 aromatic heterocycles. The maximum Gasteiger partial charge on any atom is 0.401 e. The van der Waals surface area contributed by atoms with E-state index < -0.39 is 30.0 Å². The number of carbonyl (C=O) groups excluding carboxylic acids is 1. The third-order valence-electron chi connectivity index (χ3n) is 6.70. The van der Waals surface area contributed by atoms with Gasteiger partial charge in [-0.1, -0.05) is 42.5 Å². The van der Waals surface area contributed by atoms with Crippen LogP contribution < -0.4 is 0 Å². The van der Waals surface area contributed by atoms with E-state index in [-0.39, 0.29) is 19.0 Å². The summed E-state index contributed by atoms with van der Waals surface area (Å²) in [6.07, 6.45) is -3.80. The Morgan fingerprint density at radius 3 is 2.24 bits per heavy atom. The molecular weight excluding hydrogens is 445 g/mol. The van der Waals surface area contributed by atoms with Crippen molar-refractivity contribution in [2.45, 2.75) is 50.2 Å². The quantitative estimate of drug-likeness (QED) is 0.705. The van der Waals surface area contributed by atoms with Gasteiger partial charge in [-0.15, -0.1) is 0 Å². The molecule has 2 heterocycles. The maximum absolute atomic E-state index is 13.2. The Balaban J connectivity index is 1.46. The summed E-state index contributed by atoms with van der Waals surface area (Å²) in [4.78, 5) is 16.2. The number of hydrogen-bond donors (Lipinski definition) is 1. The Morgan fingerprint density at radius 1 is 1.06 bits per heavy atom. The summed E-state index contributed by atoms with van der Waals surface area (Å²) in [6.45, 7) is 3.59. The SMILES string of the molecule is CC(C)(O)c1ccc(C(=O)N2CCC3(CC2)CN(CC(F)(F)F)CC(c2ccccc2)O3)cc1. The average molecular weight is 477 g/mol. The molecule has 0 radical (unpaired) electrons. The number of amides is 1. The summed E-state index contributed by atoms with van der Waals surface area (Å²) in [5.41, 5.74) is 0.378. The number of hydrogen-bond acceptors (Lipinski definition) is 4. The first-order valence-electron chi connectivity index (χ1n) is 11.6. The van der Waals surface area contributed by atoms with Gasteiger partial charge < -0.3 is 14.7 Å². The zero-order valence-corrected chi connectivity index (χ0v) is 19.5. The lowest BCUT2D eigenvalue weighted by atomic mass is 9.87. The van der Waals surface area contributed by atoms with E-state index in [4.69, 9.17) is 4.74 Å². The van der Waals surface area contributed by atoms with Crippen molar-refractivity contribution in [3.63, 3.8) is 0 Å². The molecule has 2 saturated heterocycles. The Morgan fingerprint density at radius 2 is 1.68 bits per heavy atom. The van der Waals surface area contributed by atoms with Crippen LogP contribution in [0.4, 0.5) is 13.2 Å². The van der Waals surface area contributed by atoms with E-state index >= 15 is 0 Å². The van der Waals surface area contributed by atoms with E-state index in [1.807, 2.05) is 30.3 Å². The standard InChI is InChI=1S/C26H31F3N2O3/c1-24(2,33)21-10-8-20(9-11-21)23(32)31-14-12-25(13-15-31)17-30(18-26(27,28)29)16-22(34-25)19-6-4-3-5-7-19/h3-11,22,33H,12-18H2,1-2H3. The highest BCUT2D eigenvalue weighted by Gasteiger charge is 2.46. The molecule has 1 amide bonds. The van der Waals surface area contributed by atoms with Gasteiger partial charge >= 0.3 is 6.18 Å². The van der Waals surface area contributed by atoms with Gasteiger partial charge in [0.15, 0.2) is 0 Å². The third kappa shape index (κ3) is 5.79. The van der Waals surface area contributed by atoms with Crippen LogP contribution in [0.2, 0.25) is 0 Å². The van der Waals surface area contributed by atoms with Crippen LogP contribution in [0.15, 0.2) is 54.6 Å². The summed E-state index contributed by atoms with van der Waals surface area (Å²) in [6, 6.07) is 16.2. The maximum atomic E-state index is 13.2. The Labute approximate surface area is 198 Å². The zero-order chi connectivity index (χ0) is 24.6. The monoisotopic (exact) mass is 476 g/mol. The molecule has 2 fully saturated rings. The topological polar surface area (TPSA) is 53.0 Å². The van der Waals surface area contributed by atoms with Gasteiger partial charge in [-0.25, -0.2) is 0 Å². The van der Waals surface area contributed by atoms with Gasteiger partial charge in [0.25, 0.3) is 5.91 Å². The van der Waals surface area contributed by atoms with Gasteiger partial charge in [0.1, 0.15) is 0 Å². The van der Waals surface area contributed by atoms with Crippen LogP contribution in [0.1, 0.15) is 54.3 Å². The van der Waals surface area contributed by atoms with Crippen LogP contribution in [0.25, 0.3) is 0 Å². The Hall–Kier alpha value is -2.42. The van der Waals surface area contributed by atoms with E-state index in [0.717, 1.165) is 5.56 Å². The molecule has 1 N–H and O–H groups in total. The van der Waals surface area contributed by atoms with Crippen molar-refractivity contribution >= 4 is 5.91 Å². The zero-order valence-electron chi connectivity index (χ0n) is 19.5. The number of rotatable bonds is 4. The second-order valence-corrected chi connectivity index (χ2v) is 9.91. The molecule has 34 heavy (non-hydrogen) atoms. The van der Waals surface area contributed by atoms with Gasteiger partial charge in [-0.3, -0.25) is 9.69 Å². The van der Waals surface area contributed by atoms with Gasteiger partial charge in [-0.05, 0) is 49.9 Å². The number of likely N-dealkylation sites (tertiary alicyclic amines) is 1. The van der Waals surface area contributed by atoms with Crippen LogP contribution >= 0.6 is 0 Å². The molecule has 184 valence electrons. The summed E-state index contributed by atoms with van der Waals surface area (Å²) in [5, 5.41) is 10.1. The van der Waals surface area contributed by atoms with Crippen molar-refractivity contribution in [3.8, 4) is 0 Å². The lowest BCUT2D eigenvalue weighted by Crippen LogP contribution is -2.59. The number of halogens is 3. The van der Waals surface area contributed by atoms with Crippen LogP contribution in [0.5, 0.6) is 0 Å². The van der Waals surface area contributed by atoms with E-state index in [0.29, 0.717) is 37.1 Å². The van der Waals surface area contributed by atoms with E-state index in [2.05, 4.69) is 0 Å². The molecule has 1 atom stereocenters. The molecule has 8 heteroatoms. The summed E-state index contributed by atoms with van der Waals surface area (Å²) in [7, 11) is 0. The predicted octanol–water partition coefficient (Wildman–Crippen LogP) is 4.52. The second-order valence-electron chi connectivity index (χ2n) is 9.91. The smallest absolute Gasteiger partial charge is 0.386 e. The molecule has 4 rings (SSSR count). The molecule has 2 aromatic rings. The summed E-state index contributed by atoms with van der Waals surface area (Å²) in [5.74, 6) is -0.125. The van der Waals surface area contributed by atoms with Crippen molar-refractivity contribution in [2.75, 3.05) is 32.7 Å². The Bertz CT molecular complexity index is 979. The number of benzene rings is 2. The van der Waals surface area contributed by atoms with Gasteiger partial charge in [-0.2, -0.15) is 13.2 Å². The van der Waals surface area contributed by atoms with E-state index in [9.17, 15) is 23.1 Å². The predicted molar refractivity (Wildman–Crippen MR) is 122 cm³/mol. The van der Waals surface area contributed by atoms with Gasteiger partial charge in [0, 0.05) is 31.7 Å². The Kier molecular flexibility index (Phi) is 6.77. The first-order valence-corrected chi connectivity index (χ1v) is 11.6. The normalized spacial score (nSPS) is 21.6. The molecule has 1 unspecified atom stereocenters. The number of piperidine rings is 1. The van der Waals surface area contributed by atoms with Crippen molar-refractivity contribution in [1.29, 1.82) is 0 Å². The lowest BCUT2D eigenvalue weighted by molar-refractivity contribution is -0.205. The first kappa shape index (κ1) is 24.7. The average Bonchev–Trinajstić information content (AvgIpc) is 2.78. The van der Waals surface area contributed by atoms with Crippen LogP contribution in [-0.4, -0.2) is 65.3 Å². The van der Waals surface area contributed by atoms with E-state index in [1.165, 1.54) is 4.90 Å². The number of ether oxygens (including phenoxy) is 1. The molecule has 2 aromatic carbocycles. The number of aliphatic hydroxyl groups is 1. The largest absolute Gasteiger partial charge is 0.401 e. The molecule has 0 saturated carbocycles. The fourth-order valence-corrected chi connectivity index (χ4v) is 4.89. The fraction of sp³-hybridized carbons (Fsp3) is 0.500. The summed E-state index contributed by atoms with van der Waals surface area (Å²) >= 11 is 0. The summed E-state index contributed by atoms with van der Waals surface area (Å²) < 4.78 is 46.2. The second kappa shape index (κ2) is 9.32. The molecule has 0 aliphatic carbocycles. The highest BCUT2D eigenvalue weighted by atomic mass is 19.4. The van der Waals surface area contributed by atoms with E-state index in [1.54, 1.807) is 43.0 Å². The number of alkyl halides is 3. The van der Waals surface area contributed by atoms with Gasteiger partial charge in [0.05, 0.1) is 23.9 Å². The third-order valence-corrected chi connectivity index (χ3v) is 6.70. The van der Waals surface area contributed by atoms with Crippen LogP contribution in [0, 0.1) is 0 Å². The molecule has 0 bridgehead atoms. The van der Waals surface area contributed by atoms with Crippen molar-refractivity contribution in [1.82, 2.24) is 9.80 Å². The van der Waals surface area contributed by atoms with Crippen LogP contribution in [-0.2, 0) is 10.3 Å². The van der Waals surface area contributed by atoms with Crippen molar-refractivity contribution < 1.29 is 27.8 Å². The molecule has 2 aliphatic rings. The molecule has 5 nitrogen and oxygen atoms in total. The minimum Gasteiger partial charge on any atom is -0.386 e. The number of nitrogens with zero attached hydrogens (tertiary/aromatic N) is 2. The highest BCUT2D eigenvalue weighted by Crippen LogP contribution is 2.39. The molecule has 2 aliphatic heterocycles. The lowest BCUT2D eigenvalue weighted by Gasteiger charge is -2.50. The minimum atomic E-state index is -4.29. The number of morpholine rings is 1. The minimum absolute atomic E-state index is 0.125. The van der Waals surface area contributed by atoms with Crippen molar-refractivity contribution in [2.24, 2.45) is 0 Å². The number of carbonyl (C=O) groups is 1. The first-order chi connectivity index (χ1) is 15.9. The van der Waals surface area contributed by atoms with Crippen molar-refractivity contribution in [3.05, 3.63) is 71.3 Å². The van der Waals surface area contributed by atoms with Crippen LogP contribution in [0.3, 0.4) is 0 Å². The molecular formula is C26H31F3N2O3. The van der Waals surface area contributed by atoms with Gasteiger partial charge in [0.2, 0.25) is 0 Å². The fourth-order valence-electron chi connectivity index (χ4n) is 4.89.